The van der Waals surface area contributed by atoms with Gasteiger partial charge in [-0.15, -0.1) is 0 Å². The standard InChI is InChI=1S/C21H21BrCl2N2O2/c1-11-20-16(19(26-27)10-28-11)6-5-15(14-4-3-13(23)8-17(14)24)21(20)18-7-2-12(22)9-25-18/h2-4,7-9,11,15-16,19-21H,5-6,10H2,1H3. The van der Waals surface area contributed by atoms with Crippen LogP contribution in [-0.2, 0) is 4.74 Å². The molecular formula is C21H21BrCl2N2O2. The van der Waals surface area contributed by atoms with Gasteiger partial charge in [-0.05, 0) is 83.3 Å². The molecule has 0 bridgehead atoms. The third-order valence-electron chi connectivity index (χ3n) is 6.31. The minimum atomic E-state index is -0.305. The number of rotatable bonds is 3. The predicted octanol–water partition coefficient (Wildman–Crippen LogP) is 6.60. The molecule has 1 aromatic carbocycles. The van der Waals surface area contributed by atoms with Crippen LogP contribution in [0.5, 0.6) is 0 Å². The van der Waals surface area contributed by atoms with Gasteiger partial charge in [-0.1, -0.05) is 34.4 Å². The zero-order chi connectivity index (χ0) is 19.8. The lowest BCUT2D eigenvalue weighted by Crippen LogP contribution is -2.49. The van der Waals surface area contributed by atoms with Crippen LogP contribution in [0.15, 0.2) is 46.2 Å². The van der Waals surface area contributed by atoms with E-state index in [4.69, 9.17) is 32.9 Å². The summed E-state index contributed by atoms with van der Waals surface area (Å²) in [4.78, 5) is 16.2. The summed E-state index contributed by atoms with van der Waals surface area (Å²) < 4.78 is 6.91. The van der Waals surface area contributed by atoms with Gasteiger partial charge in [-0.25, -0.2) is 0 Å². The summed E-state index contributed by atoms with van der Waals surface area (Å²) >= 11 is 16.2. The Morgan fingerprint density at radius 3 is 2.71 bits per heavy atom. The molecule has 0 spiro atoms. The summed E-state index contributed by atoms with van der Waals surface area (Å²) in [6.45, 7) is 2.50. The highest BCUT2D eigenvalue weighted by molar-refractivity contribution is 9.10. The molecule has 2 heterocycles. The Balaban J connectivity index is 1.81. The van der Waals surface area contributed by atoms with Crippen molar-refractivity contribution in [1.29, 1.82) is 0 Å². The van der Waals surface area contributed by atoms with E-state index in [-0.39, 0.29) is 35.8 Å². The number of hydrogen-bond donors (Lipinski definition) is 0. The normalized spacial score (nSPS) is 32.6. The molecule has 148 valence electrons. The summed E-state index contributed by atoms with van der Waals surface area (Å²) in [6, 6.07) is 9.46. The fourth-order valence-electron chi connectivity index (χ4n) is 5.10. The van der Waals surface area contributed by atoms with Gasteiger partial charge in [-0.2, -0.15) is 4.91 Å². The van der Waals surface area contributed by atoms with Crippen LogP contribution < -0.4 is 0 Å². The molecule has 6 unspecified atom stereocenters. The van der Waals surface area contributed by atoms with E-state index in [0.717, 1.165) is 28.6 Å². The number of benzene rings is 1. The van der Waals surface area contributed by atoms with Gasteiger partial charge in [-0.3, -0.25) is 4.98 Å². The van der Waals surface area contributed by atoms with Crippen LogP contribution in [0, 0.1) is 16.7 Å². The van der Waals surface area contributed by atoms with Crippen LogP contribution in [0.25, 0.3) is 0 Å². The maximum Gasteiger partial charge on any atom is 0.118 e. The molecule has 4 nitrogen and oxygen atoms in total. The fraction of sp³-hybridized carbons (Fsp3) is 0.476. The molecule has 28 heavy (non-hydrogen) atoms. The molecule has 1 saturated heterocycles. The maximum absolute atomic E-state index is 11.5. The molecule has 4 rings (SSSR count). The molecular weight excluding hydrogens is 463 g/mol. The van der Waals surface area contributed by atoms with Crippen molar-refractivity contribution in [2.75, 3.05) is 6.61 Å². The minimum absolute atomic E-state index is 0.0207. The predicted molar refractivity (Wildman–Crippen MR) is 115 cm³/mol. The van der Waals surface area contributed by atoms with Crippen LogP contribution in [0.3, 0.4) is 0 Å². The largest absolute Gasteiger partial charge is 0.376 e. The molecule has 1 saturated carbocycles. The number of nitroso groups, excluding NO2 is 1. The summed E-state index contributed by atoms with van der Waals surface area (Å²) in [5, 5.41) is 4.69. The van der Waals surface area contributed by atoms with Gasteiger partial charge in [0.1, 0.15) is 6.04 Å². The minimum Gasteiger partial charge on any atom is -0.376 e. The van der Waals surface area contributed by atoms with Gasteiger partial charge in [0.2, 0.25) is 0 Å². The molecule has 6 atom stereocenters. The molecule has 7 heteroatoms. The van der Waals surface area contributed by atoms with Crippen molar-refractivity contribution in [2.24, 2.45) is 17.0 Å². The number of pyridine rings is 1. The number of hydrogen-bond acceptors (Lipinski definition) is 4. The lowest BCUT2D eigenvalue weighted by molar-refractivity contribution is -0.0854. The fourth-order valence-corrected chi connectivity index (χ4v) is 5.88. The van der Waals surface area contributed by atoms with Crippen LogP contribution >= 0.6 is 39.1 Å². The second kappa shape index (κ2) is 8.39. The maximum atomic E-state index is 11.5. The molecule has 0 N–H and O–H groups in total. The molecule has 2 fully saturated rings. The van der Waals surface area contributed by atoms with Crippen LogP contribution in [-0.4, -0.2) is 23.7 Å². The Hall–Kier alpha value is -1.01. The van der Waals surface area contributed by atoms with E-state index in [9.17, 15) is 4.91 Å². The quantitative estimate of drug-likeness (QED) is 0.462. The first kappa shape index (κ1) is 20.3. The van der Waals surface area contributed by atoms with Crippen molar-refractivity contribution in [1.82, 2.24) is 4.98 Å². The Bertz CT molecular complexity index is 864. The van der Waals surface area contributed by atoms with E-state index in [1.807, 2.05) is 24.4 Å². The molecule has 1 aliphatic heterocycles. The van der Waals surface area contributed by atoms with Gasteiger partial charge in [0.15, 0.2) is 0 Å². The summed E-state index contributed by atoms with van der Waals surface area (Å²) in [5.74, 6) is 0.607. The lowest BCUT2D eigenvalue weighted by Gasteiger charge is -2.49. The van der Waals surface area contributed by atoms with Gasteiger partial charge >= 0.3 is 0 Å². The van der Waals surface area contributed by atoms with E-state index in [1.165, 1.54) is 0 Å². The van der Waals surface area contributed by atoms with E-state index in [0.29, 0.717) is 16.7 Å². The van der Waals surface area contributed by atoms with Gasteiger partial charge in [0.25, 0.3) is 0 Å². The Morgan fingerprint density at radius 1 is 1.21 bits per heavy atom. The number of aromatic nitrogens is 1. The highest BCUT2D eigenvalue weighted by Crippen LogP contribution is 2.54. The van der Waals surface area contributed by atoms with Crippen molar-refractivity contribution in [3.8, 4) is 0 Å². The van der Waals surface area contributed by atoms with E-state index < -0.39 is 0 Å². The van der Waals surface area contributed by atoms with Crippen molar-refractivity contribution >= 4 is 39.1 Å². The zero-order valence-electron chi connectivity index (χ0n) is 15.4. The lowest BCUT2D eigenvalue weighted by atomic mass is 9.59. The van der Waals surface area contributed by atoms with Gasteiger partial charge in [0.05, 0.1) is 12.7 Å². The second-order valence-electron chi connectivity index (χ2n) is 7.73. The Kier molecular flexibility index (Phi) is 6.07. The van der Waals surface area contributed by atoms with Crippen molar-refractivity contribution in [3.63, 3.8) is 0 Å². The van der Waals surface area contributed by atoms with Gasteiger partial charge < -0.3 is 4.74 Å². The van der Waals surface area contributed by atoms with Crippen LogP contribution in [0.2, 0.25) is 10.0 Å². The van der Waals surface area contributed by atoms with E-state index >= 15 is 0 Å². The number of fused-ring (bicyclic) bond motifs is 1. The van der Waals surface area contributed by atoms with Gasteiger partial charge in [0, 0.05) is 32.3 Å². The molecule has 0 radical (unpaired) electrons. The van der Waals surface area contributed by atoms with Crippen molar-refractivity contribution in [2.45, 2.75) is 43.7 Å². The summed E-state index contributed by atoms with van der Waals surface area (Å²) in [6.07, 6.45) is 3.69. The zero-order valence-corrected chi connectivity index (χ0v) is 18.5. The monoisotopic (exact) mass is 482 g/mol. The molecule has 1 aromatic heterocycles. The smallest absolute Gasteiger partial charge is 0.118 e. The first-order valence-corrected chi connectivity index (χ1v) is 11.0. The molecule has 1 aliphatic carbocycles. The Morgan fingerprint density at radius 2 is 2.04 bits per heavy atom. The molecule has 0 amide bonds. The van der Waals surface area contributed by atoms with E-state index in [1.54, 1.807) is 6.07 Å². The van der Waals surface area contributed by atoms with E-state index in [2.05, 4.69) is 34.1 Å². The first-order chi connectivity index (χ1) is 13.5. The van der Waals surface area contributed by atoms with Crippen LogP contribution in [0.1, 0.15) is 42.9 Å². The average Bonchev–Trinajstić information content (AvgIpc) is 2.68. The number of halogens is 3. The summed E-state index contributed by atoms with van der Waals surface area (Å²) in [5.41, 5.74) is 2.07. The van der Waals surface area contributed by atoms with Crippen molar-refractivity contribution < 1.29 is 4.74 Å². The highest BCUT2D eigenvalue weighted by atomic mass is 79.9. The Labute approximate surface area is 183 Å². The highest BCUT2D eigenvalue weighted by Gasteiger charge is 2.50. The third-order valence-corrected chi connectivity index (χ3v) is 7.34. The average molecular weight is 484 g/mol. The van der Waals surface area contributed by atoms with Crippen LogP contribution in [0.4, 0.5) is 0 Å². The number of ether oxygens (including phenoxy) is 1. The second-order valence-corrected chi connectivity index (χ2v) is 9.49. The van der Waals surface area contributed by atoms with Crippen molar-refractivity contribution in [3.05, 3.63) is 67.2 Å². The summed E-state index contributed by atoms with van der Waals surface area (Å²) in [7, 11) is 0. The number of nitrogens with zero attached hydrogens (tertiary/aromatic N) is 2. The topological polar surface area (TPSA) is 51.5 Å². The third kappa shape index (κ3) is 3.74. The first-order valence-electron chi connectivity index (χ1n) is 9.50. The molecule has 2 aromatic rings. The molecule has 2 aliphatic rings. The SMILES string of the molecule is CC1OCC(N=O)C2CCC(c3ccc(Cl)cc3Cl)C(c3ccc(Br)cn3)C12.